The Hall–Kier alpha value is -2.94. The summed E-state index contributed by atoms with van der Waals surface area (Å²) in [5.74, 6) is -1.00. The second-order valence-corrected chi connectivity index (χ2v) is 7.40. The second kappa shape index (κ2) is 4.78. The maximum absolute atomic E-state index is 12.1. The van der Waals surface area contributed by atoms with E-state index < -0.39 is 22.0 Å². The number of carboxylic acids is 1. The molecule has 4 rings (SSSR count). The average Bonchev–Trinajstić information content (AvgIpc) is 2.92. The van der Waals surface area contributed by atoms with Crippen molar-refractivity contribution < 1.29 is 23.1 Å². The number of carbonyl (C=O) groups is 1. The molecule has 8 nitrogen and oxygen atoms in total. The van der Waals surface area contributed by atoms with E-state index in [1.165, 1.54) is 29.2 Å². The minimum atomic E-state index is -3.54. The minimum absolute atomic E-state index is 0.0702. The van der Waals surface area contributed by atoms with Crippen molar-refractivity contribution in [1.82, 2.24) is 14.5 Å². The van der Waals surface area contributed by atoms with Gasteiger partial charge in [-0.1, -0.05) is 6.07 Å². The molecule has 1 N–H and O–H groups in total. The molecule has 1 aliphatic rings. The first-order valence-electron chi connectivity index (χ1n) is 6.92. The Morgan fingerprint density at radius 3 is 2.88 bits per heavy atom. The van der Waals surface area contributed by atoms with Gasteiger partial charge in [-0.2, -0.15) is 0 Å². The Labute approximate surface area is 136 Å². The number of sulfone groups is 1. The van der Waals surface area contributed by atoms with Crippen molar-refractivity contribution in [1.29, 1.82) is 0 Å². The maximum Gasteiger partial charge on any atom is 0.367 e. The van der Waals surface area contributed by atoms with Crippen molar-refractivity contribution in [2.24, 2.45) is 0 Å². The van der Waals surface area contributed by atoms with Crippen molar-refractivity contribution >= 4 is 26.8 Å². The lowest BCUT2D eigenvalue weighted by atomic mass is 10.1. The van der Waals surface area contributed by atoms with Gasteiger partial charge in [0, 0.05) is 17.8 Å². The zero-order chi connectivity index (χ0) is 17.1. The molecule has 0 spiro atoms. The monoisotopic (exact) mass is 345 g/mol. The third-order valence-corrected chi connectivity index (χ3v) is 4.97. The first kappa shape index (κ1) is 14.6. The summed E-state index contributed by atoms with van der Waals surface area (Å²) in [5, 5.41) is 10.1. The van der Waals surface area contributed by atoms with E-state index in [2.05, 4.69) is 9.97 Å². The fourth-order valence-electron chi connectivity index (χ4n) is 2.90. The Bertz CT molecular complexity index is 1100. The number of nitrogens with zero attached hydrogens (tertiary/aromatic N) is 3. The molecule has 2 aromatic heterocycles. The largest absolute Gasteiger partial charge is 0.477 e. The quantitative estimate of drug-likeness (QED) is 0.748. The van der Waals surface area contributed by atoms with Crippen molar-refractivity contribution in [2.45, 2.75) is 11.1 Å². The van der Waals surface area contributed by atoms with Gasteiger partial charge in [-0.25, -0.2) is 23.2 Å². The predicted molar refractivity (Wildman–Crippen MR) is 83.4 cm³/mol. The van der Waals surface area contributed by atoms with E-state index in [4.69, 9.17) is 4.74 Å². The van der Waals surface area contributed by atoms with Gasteiger partial charge in [0.15, 0.2) is 9.84 Å². The van der Waals surface area contributed by atoms with Crippen LogP contribution >= 0.6 is 0 Å². The van der Waals surface area contributed by atoms with Gasteiger partial charge >= 0.3 is 5.97 Å². The van der Waals surface area contributed by atoms with Gasteiger partial charge in [-0.15, -0.1) is 0 Å². The van der Waals surface area contributed by atoms with Crippen LogP contribution in [0.1, 0.15) is 6.23 Å². The number of hydrogen-bond donors (Lipinski definition) is 1. The summed E-state index contributed by atoms with van der Waals surface area (Å²) < 4.78 is 31.2. The van der Waals surface area contributed by atoms with Gasteiger partial charge in [0.25, 0.3) is 6.23 Å². The minimum Gasteiger partial charge on any atom is -0.477 e. The topological polar surface area (TPSA) is 111 Å². The van der Waals surface area contributed by atoms with Crippen LogP contribution in [0.4, 0.5) is 0 Å². The van der Waals surface area contributed by atoms with E-state index in [9.17, 15) is 18.3 Å². The lowest BCUT2D eigenvalue weighted by Gasteiger charge is -2.27. The summed E-state index contributed by atoms with van der Waals surface area (Å²) in [7, 11) is -3.54. The van der Waals surface area contributed by atoms with Gasteiger partial charge in [-0.05, 0) is 18.2 Å². The first-order valence-corrected chi connectivity index (χ1v) is 8.81. The molecule has 0 radical (unpaired) electrons. The number of aromatic nitrogens is 3. The standard InChI is InChI=1S/C15H11N3O5S/c1-24(21,22)11-4-2-3-10-12(11)9-5-8-6-16-7-17-13(8)18(9)14(23-10)15(19)20/h2-7,14H,1H3,(H,19,20). The molecule has 1 aromatic carbocycles. The van der Waals surface area contributed by atoms with Gasteiger partial charge < -0.3 is 9.84 Å². The Morgan fingerprint density at radius 1 is 1.38 bits per heavy atom. The molecule has 0 bridgehead atoms. The summed E-state index contributed by atoms with van der Waals surface area (Å²) in [6.07, 6.45) is 2.59. The SMILES string of the molecule is CS(=O)(=O)c1cccc2c1-c1cc3cncnc3n1C(C(=O)O)O2. The average molecular weight is 345 g/mol. The van der Waals surface area contributed by atoms with Crippen LogP contribution in [0.5, 0.6) is 5.75 Å². The Kier molecular flexibility index (Phi) is 2.91. The lowest BCUT2D eigenvalue weighted by molar-refractivity contribution is -0.149. The van der Waals surface area contributed by atoms with Crippen LogP contribution < -0.4 is 4.74 Å². The number of ether oxygens (including phenoxy) is 1. The summed E-state index contributed by atoms with van der Waals surface area (Å²) in [6, 6.07) is 6.20. The van der Waals surface area contributed by atoms with Gasteiger partial charge in [0.2, 0.25) is 0 Å². The summed E-state index contributed by atoms with van der Waals surface area (Å²) in [5.41, 5.74) is 1.11. The highest BCUT2D eigenvalue weighted by molar-refractivity contribution is 7.90. The van der Waals surface area contributed by atoms with Crippen LogP contribution in [0.2, 0.25) is 0 Å². The second-order valence-electron chi connectivity index (χ2n) is 5.41. The number of fused-ring (bicyclic) bond motifs is 5. The molecular weight excluding hydrogens is 334 g/mol. The molecule has 0 amide bonds. The molecule has 0 saturated carbocycles. The van der Waals surface area contributed by atoms with E-state index in [0.717, 1.165) is 6.26 Å². The molecule has 3 heterocycles. The molecule has 1 aliphatic heterocycles. The fourth-order valence-corrected chi connectivity index (χ4v) is 3.80. The van der Waals surface area contributed by atoms with Crippen LogP contribution in [0.15, 0.2) is 41.7 Å². The fraction of sp³-hybridized carbons (Fsp3) is 0.133. The normalized spacial score (nSPS) is 16.3. The van der Waals surface area contributed by atoms with Crippen molar-refractivity contribution in [3.05, 3.63) is 36.8 Å². The Morgan fingerprint density at radius 2 is 2.17 bits per heavy atom. The highest BCUT2D eigenvalue weighted by Gasteiger charge is 2.35. The molecule has 1 unspecified atom stereocenters. The number of benzene rings is 1. The van der Waals surface area contributed by atoms with Gasteiger partial charge in [0.1, 0.15) is 17.7 Å². The number of rotatable bonds is 2. The molecular formula is C15H11N3O5S. The van der Waals surface area contributed by atoms with Crippen molar-refractivity contribution in [3.8, 4) is 17.0 Å². The zero-order valence-corrected chi connectivity index (χ0v) is 13.2. The summed E-state index contributed by atoms with van der Waals surface area (Å²) >= 11 is 0. The Balaban J connectivity index is 2.15. The van der Waals surface area contributed by atoms with E-state index in [1.807, 2.05) is 0 Å². The number of hydrogen-bond acceptors (Lipinski definition) is 6. The molecule has 0 saturated heterocycles. The lowest BCUT2D eigenvalue weighted by Crippen LogP contribution is -2.29. The summed E-state index contributed by atoms with van der Waals surface area (Å²) in [4.78, 5) is 19.7. The van der Waals surface area contributed by atoms with E-state index in [-0.39, 0.29) is 10.6 Å². The molecule has 1 atom stereocenters. The van der Waals surface area contributed by atoms with Gasteiger partial charge in [-0.3, -0.25) is 4.57 Å². The third kappa shape index (κ3) is 1.98. The van der Waals surface area contributed by atoms with Crippen molar-refractivity contribution in [2.75, 3.05) is 6.26 Å². The summed E-state index contributed by atoms with van der Waals surface area (Å²) in [6.45, 7) is 0. The smallest absolute Gasteiger partial charge is 0.367 e. The molecule has 122 valence electrons. The molecule has 0 fully saturated rings. The zero-order valence-electron chi connectivity index (χ0n) is 12.4. The van der Waals surface area contributed by atoms with Crippen LogP contribution in [-0.4, -0.2) is 40.3 Å². The van der Waals surface area contributed by atoms with Crippen LogP contribution in [-0.2, 0) is 14.6 Å². The van der Waals surface area contributed by atoms with Crippen LogP contribution in [0.25, 0.3) is 22.3 Å². The third-order valence-electron chi connectivity index (χ3n) is 3.83. The number of aliphatic carboxylic acids is 1. The molecule has 9 heteroatoms. The van der Waals surface area contributed by atoms with E-state index in [1.54, 1.807) is 12.1 Å². The van der Waals surface area contributed by atoms with Crippen molar-refractivity contribution in [3.63, 3.8) is 0 Å². The highest BCUT2D eigenvalue weighted by atomic mass is 32.2. The van der Waals surface area contributed by atoms with E-state index in [0.29, 0.717) is 22.3 Å². The highest BCUT2D eigenvalue weighted by Crippen LogP contribution is 2.44. The van der Waals surface area contributed by atoms with Gasteiger partial charge in [0.05, 0.1) is 16.2 Å². The van der Waals surface area contributed by atoms with E-state index >= 15 is 0 Å². The van der Waals surface area contributed by atoms with Crippen LogP contribution in [0.3, 0.4) is 0 Å². The predicted octanol–water partition coefficient (Wildman–Crippen LogP) is 1.48. The maximum atomic E-state index is 12.1. The van der Waals surface area contributed by atoms with Crippen LogP contribution in [0, 0.1) is 0 Å². The molecule has 24 heavy (non-hydrogen) atoms. The molecule has 0 aliphatic carbocycles. The first-order chi connectivity index (χ1) is 11.4. The molecule has 3 aromatic rings. The number of carboxylic acid groups (broad SMARTS) is 1.